The number of halogens is 2. The molecular formula is C16H12ClFO. The Morgan fingerprint density at radius 1 is 1.16 bits per heavy atom. The lowest BCUT2D eigenvalue weighted by Crippen LogP contribution is -2.18. The molecular weight excluding hydrogens is 263 g/mol. The van der Waals surface area contributed by atoms with Gasteiger partial charge in [0.15, 0.2) is 0 Å². The average molecular weight is 275 g/mol. The zero-order valence-electron chi connectivity index (χ0n) is 10.3. The van der Waals surface area contributed by atoms with Crippen LogP contribution in [0.25, 0.3) is 0 Å². The quantitative estimate of drug-likeness (QED) is 0.786. The van der Waals surface area contributed by atoms with E-state index in [4.69, 9.17) is 11.6 Å². The molecule has 0 radical (unpaired) electrons. The van der Waals surface area contributed by atoms with Gasteiger partial charge in [0.05, 0.1) is 5.02 Å². The van der Waals surface area contributed by atoms with Crippen LogP contribution < -0.4 is 0 Å². The first-order chi connectivity index (χ1) is 8.99. The maximum atomic E-state index is 13.0. The summed E-state index contributed by atoms with van der Waals surface area (Å²) < 4.78 is 13.0. The topological polar surface area (TPSA) is 20.2 Å². The highest BCUT2D eigenvalue weighted by molar-refractivity contribution is 6.30. The second kappa shape index (κ2) is 5.44. The molecule has 0 saturated carbocycles. The number of hydrogen-bond acceptors (Lipinski definition) is 1. The molecule has 3 heteroatoms. The van der Waals surface area contributed by atoms with Gasteiger partial charge in [-0.3, -0.25) is 0 Å². The van der Waals surface area contributed by atoms with Gasteiger partial charge in [-0.25, -0.2) is 4.39 Å². The molecule has 1 unspecified atom stereocenters. The highest BCUT2D eigenvalue weighted by Gasteiger charge is 2.19. The minimum absolute atomic E-state index is 0.0196. The number of aliphatic hydroxyl groups is 1. The lowest BCUT2D eigenvalue weighted by atomic mass is 9.96. The van der Waals surface area contributed by atoms with Crippen molar-refractivity contribution < 1.29 is 9.50 Å². The molecule has 96 valence electrons. The van der Waals surface area contributed by atoms with E-state index in [2.05, 4.69) is 11.8 Å². The molecule has 0 aromatic heterocycles. The average Bonchev–Trinajstić information content (AvgIpc) is 2.41. The third kappa shape index (κ3) is 3.35. The minimum Gasteiger partial charge on any atom is -0.374 e. The third-order valence-corrected chi connectivity index (χ3v) is 3.00. The molecule has 2 aromatic carbocycles. The van der Waals surface area contributed by atoms with Gasteiger partial charge in [0, 0.05) is 5.56 Å². The first kappa shape index (κ1) is 13.6. The molecule has 0 aliphatic heterocycles. The summed E-state index contributed by atoms with van der Waals surface area (Å²) in [5, 5.41) is 10.3. The van der Waals surface area contributed by atoms with Crippen LogP contribution in [0.1, 0.15) is 18.1 Å². The molecule has 1 nitrogen and oxygen atoms in total. The van der Waals surface area contributed by atoms with Crippen LogP contribution in [0.5, 0.6) is 0 Å². The van der Waals surface area contributed by atoms with E-state index < -0.39 is 11.4 Å². The van der Waals surface area contributed by atoms with Crippen molar-refractivity contribution in [1.29, 1.82) is 0 Å². The smallest absolute Gasteiger partial charge is 0.148 e. The summed E-state index contributed by atoms with van der Waals surface area (Å²) in [5.41, 5.74) is 0.000545. The van der Waals surface area contributed by atoms with Gasteiger partial charge in [-0.15, -0.1) is 0 Å². The molecule has 0 aliphatic rings. The van der Waals surface area contributed by atoms with Crippen molar-refractivity contribution in [3.63, 3.8) is 0 Å². The van der Waals surface area contributed by atoms with Crippen molar-refractivity contribution in [3.8, 4) is 11.8 Å². The molecule has 0 amide bonds. The highest BCUT2D eigenvalue weighted by atomic mass is 35.5. The monoisotopic (exact) mass is 274 g/mol. The van der Waals surface area contributed by atoms with Crippen LogP contribution in [-0.4, -0.2) is 5.11 Å². The summed E-state index contributed by atoms with van der Waals surface area (Å²) in [6.07, 6.45) is 0. The molecule has 0 bridgehead atoms. The molecule has 2 rings (SSSR count). The lowest BCUT2D eigenvalue weighted by molar-refractivity contribution is 0.122. The van der Waals surface area contributed by atoms with Gasteiger partial charge in [0.2, 0.25) is 0 Å². The molecule has 1 N–H and O–H groups in total. The maximum absolute atomic E-state index is 13.0. The van der Waals surface area contributed by atoms with Crippen LogP contribution in [0.15, 0.2) is 48.5 Å². The van der Waals surface area contributed by atoms with E-state index in [9.17, 15) is 9.50 Å². The Balaban J connectivity index is 2.30. The minimum atomic E-state index is -1.26. The van der Waals surface area contributed by atoms with Gasteiger partial charge in [0.25, 0.3) is 0 Å². The van der Waals surface area contributed by atoms with Crippen molar-refractivity contribution in [2.45, 2.75) is 12.5 Å². The highest BCUT2D eigenvalue weighted by Crippen LogP contribution is 2.20. The summed E-state index contributed by atoms with van der Waals surface area (Å²) >= 11 is 5.68. The van der Waals surface area contributed by atoms with Gasteiger partial charge >= 0.3 is 0 Å². The fourth-order valence-corrected chi connectivity index (χ4v) is 1.78. The Labute approximate surface area is 116 Å². The predicted molar refractivity (Wildman–Crippen MR) is 74.3 cm³/mol. The molecule has 0 aliphatic carbocycles. The first-order valence-electron chi connectivity index (χ1n) is 5.75. The van der Waals surface area contributed by atoms with Gasteiger partial charge in [-0.2, -0.15) is 0 Å². The molecule has 0 saturated heterocycles. The normalized spacial score (nSPS) is 13.3. The number of benzene rings is 2. The van der Waals surface area contributed by atoms with E-state index in [1.54, 1.807) is 19.1 Å². The van der Waals surface area contributed by atoms with E-state index in [-0.39, 0.29) is 5.02 Å². The Bertz CT molecular complexity index is 639. The van der Waals surface area contributed by atoms with Crippen LogP contribution in [0.4, 0.5) is 4.39 Å². The van der Waals surface area contributed by atoms with Crippen LogP contribution in [0.3, 0.4) is 0 Å². The first-order valence-corrected chi connectivity index (χ1v) is 6.13. The van der Waals surface area contributed by atoms with Gasteiger partial charge < -0.3 is 5.11 Å². The predicted octanol–water partition coefficient (Wildman–Crippen LogP) is 3.74. The summed E-state index contributed by atoms with van der Waals surface area (Å²) in [4.78, 5) is 0. The second-order valence-corrected chi connectivity index (χ2v) is 4.72. The van der Waals surface area contributed by atoms with E-state index in [1.165, 1.54) is 18.2 Å². The molecule has 1 atom stereocenters. The summed E-state index contributed by atoms with van der Waals surface area (Å²) in [5.74, 6) is 5.08. The Morgan fingerprint density at radius 2 is 1.84 bits per heavy atom. The van der Waals surface area contributed by atoms with E-state index >= 15 is 0 Å². The molecule has 0 spiro atoms. The van der Waals surface area contributed by atoms with Crippen LogP contribution in [-0.2, 0) is 5.60 Å². The van der Waals surface area contributed by atoms with Crippen molar-refractivity contribution in [3.05, 3.63) is 70.5 Å². The third-order valence-electron chi connectivity index (χ3n) is 2.71. The Hall–Kier alpha value is -1.82. The zero-order chi connectivity index (χ0) is 13.9. The molecule has 0 fully saturated rings. The van der Waals surface area contributed by atoms with Gasteiger partial charge in [-0.1, -0.05) is 53.8 Å². The fourth-order valence-electron chi connectivity index (χ4n) is 1.60. The fraction of sp³-hybridized carbons (Fsp3) is 0.125. The summed E-state index contributed by atoms with van der Waals surface area (Å²) in [7, 11) is 0. The Morgan fingerprint density at radius 3 is 2.47 bits per heavy atom. The summed E-state index contributed by atoms with van der Waals surface area (Å²) in [6, 6.07) is 13.3. The van der Waals surface area contributed by atoms with Gasteiger partial charge in [-0.05, 0) is 30.7 Å². The molecule has 0 heterocycles. The van der Waals surface area contributed by atoms with Crippen molar-refractivity contribution >= 4 is 11.6 Å². The summed E-state index contributed by atoms with van der Waals surface area (Å²) in [6.45, 7) is 1.61. The maximum Gasteiger partial charge on any atom is 0.148 e. The lowest BCUT2D eigenvalue weighted by Gasteiger charge is -2.16. The van der Waals surface area contributed by atoms with E-state index in [1.807, 2.05) is 18.2 Å². The van der Waals surface area contributed by atoms with Gasteiger partial charge in [0.1, 0.15) is 11.4 Å². The van der Waals surface area contributed by atoms with Crippen molar-refractivity contribution in [2.75, 3.05) is 0 Å². The van der Waals surface area contributed by atoms with E-state index in [0.29, 0.717) is 11.1 Å². The number of hydrogen-bond donors (Lipinski definition) is 1. The van der Waals surface area contributed by atoms with E-state index in [0.717, 1.165) is 0 Å². The van der Waals surface area contributed by atoms with Crippen molar-refractivity contribution in [2.24, 2.45) is 0 Å². The zero-order valence-corrected chi connectivity index (χ0v) is 11.1. The van der Waals surface area contributed by atoms with Crippen LogP contribution in [0, 0.1) is 17.7 Å². The SMILES string of the molecule is CC(O)(C#Cc1ccc(F)c(Cl)c1)c1ccccc1. The largest absolute Gasteiger partial charge is 0.374 e. The Kier molecular flexibility index (Phi) is 3.90. The van der Waals surface area contributed by atoms with Crippen molar-refractivity contribution in [1.82, 2.24) is 0 Å². The van der Waals surface area contributed by atoms with Crippen LogP contribution >= 0.6 is 11.6 Å². The molecule has 19 heavy (non-hydrogen) atoms. The number of rotatable bonds is 1. The standard InChI is InChI=1S/C16H12ClFO/c1-16(19,13-5-3-2-4-6-13)10-9-12-7-8-15(18)14(17)11-12/h2-8,11,19H,1H3. The van der Waals surface area contributed by atoms with Crippen LogP contribution in [0.2, 0.25) is 5.02 Å². The second-order valence-electron chi connectivity index (χ2n) is 4.32. The molecule has 2 aromatic rings.